The Bertz CT molecular complexity index is 882. The number of phenols is 1. The van der Waals surface area contributed by atoms with Crippen molar-refractivity contribution in [3.8, 4) is 5.75 Å². The van der Waals surface area contributed by atoms with Gasteiger partial charge in [-0.05, 0) is 71.5 Å². The standard InChI is InChI=1S/C22H25IN2O5/c1-2-30-22(28)19(14-15-3-8-20(26)18(23)13-15)24-21(27)16-4-6-17(7-5-16)25-9-11-29-12-10-25/h3-8,13,19,26H,2,9-12,14H2,1H3,(H,24,27). The lowest BCUT2D eigenvalue weighted by molar-refractivity contribution is -0.145. The van der Waals surface area contributed by atoms with E-state index in [4.69, 9.17) is 9.47 Å². The molecule has 1 aliphatic heterocycles. The number of amides is 1. The highest BCUT2D eigenvalue weighted by molar-refractivity contribution is 14.1. The molecule has 1 amide bonds. The molecule has 0 bridgehead atoms. The minimum atomic E-state index is -0.822. The van der Waals surface area contributed by atoms with Gasteiger partial charge in [0.2, 0.25) is 0 Å². The van der Waals surface area contributed by atoms with E-state index in [9.17, 15) is 14.7 Å². The summed E-state index contributed by atoms with van der Waals surface area (Å²) in [6.07, 6.45) is 0.271. The van der Waals surface area contributed by atoms with E-state index in [0.717, 1.165) is 24.3 Å². The molecule has 0 aliphatic carbocycles. The number of nitrogens with zero attached hydrogens (tertiary/aromatic N) is 1. The van der Waals surface area contributed by atoms with Gasteiger partial charge in [-0.2, -0.15) is 0 Å². The fourth-order valence-electron chi connectivity index (χ4n) is 3.24. The number of carbonyl (C=O) groups is 2. The van der Waals surface area contributed by atoms with E-state index >= 15 is 0 Å². The van der Waals surface area contributed by atoms with Gasteiger partial charge in [0.15, 0.2) is 0 Å². The molecule has 0 spiro atoms. The molecule has 1 atom stereocenters. The molecule has 1 fully saturated rings. The van der Waals surface area contributed by atoms with Gasteiger partial charge in [-0.1, -0.05) is 6.07 Å². The van der Waals surface area contributed by atoms with Crippen LogP contribution in [0.5, 0.6) is 5.75 Å². The van der Waals surface area contributed by atoms with Crippen LogP contribution in [0.2, 0.25) is 0 Å². The fourth-order valence-corrected chi connectivity index (χ4v) is 3.82. The van der Waals surface area contributed by atoms with Gasteiger partial charge in [0.25, 0.3) is 5.91 Å². The molecule has 2 aromatic carbocycles. The van der Waals surface area contributed by atoms with Crippen LogP contribution in [0.25, 0.3) is 0 Å². The highest BCUT2D eigenvalue weighted by Gasteiger charge is 2.24. The zero-order valence-corrected chi connectivity index (χ0v) is 18.9. The van der Waals surface area contributed by atoms with Gasteiger partial charge in [-0.25, -0.2) is 4.79 Å². The van der Waals surface area contributed by atoms with Crippen molar-refractivity contribution >= 4 is 40.2 Å². The minimum absolute atomic E-state index is 0.177. The number of phenolic OH excluding ortho intramolecular Hbond substituents is 1. The monoisotopic (exact) mass is 524 g/mol. The van der Waals surface area contributed by atoms with Crippen LogP contribution in [0, 0.1) is 3.57 Å². The Balaban J connectivity index is 1.70. The van der Waals surface area contributed by atoms with Crippen molar-refractivity contribution in [3.05, 3.63) is 57.2 Å². The van der Waals surface area contributed by atoms with E-state index in [-0.39, 0.29) is 24.7 Å². The molecule has 1 unspecified atom stereocenters. The number of anilines is 1. The van der Waals surface area contributed by atoms with E-state index in [1.54, 1.807) is 37.3 Å². The lowest BCUT2D eigenvalue weighted by Gasteiger charge is -2.28. The first kappa shape index (κ1) is 22.4. The largest absolute Gasteiger partial charge is 0.507 e. The Hall–Kier alpha value is -2.33. The first-order valence-electron chi connectivity index (χ1n) is 9.85. The second-order valence-electron chi connectivity index (χ2n) is 6.91. The number of nitrogens with one attached hydrogen (secondary N) is 1. The summed E-state index contributed by atoms with van der Waals surface area (Å²) in [7, 11) is 0. The summed E-state index contributed by atoms with van der Waals surface area (Å²) in [6.45, 7) is 4.99. The Morgan fingerprint density at radius 2 is 1.90 bits per heavy atom. The van der Waals surface area contributed by atoms with Crippen molar-refractivity contribution < 1.29 is 24.2 Å². The Kier molecular flexibility index (Phi) is 7.92. The molecule has 2 aromatic rings. The third-order valence-corrected chi connectivity index (χ3v) is 5.70. The van der Waals surface area contributed by atoms with Gasteiger partial charge in [-0.15, -0.1) is 0 Å². The molecule has 3 rings (SSSR count). The molecule has 0 aromatic heterocycles. The molecule has 2 N–H and O–H groups in total. The van der Waals surface area contributed by atoms with Gasteiger partial charge in [0.05, 0.1) is 23.4 Å². The van der Waals surface area contributed by atoms with Crippen LogP contribution in [-0.2, 0) is 20.7 Å². The summed E-state index contributed by atoms with van der Waals surface area (Å²) in [6, 6.07) is 11.6. The molecule has 1 aliphatic rings. The predicted molar refractivity (Wildman–Crippen MR) is 122 cm³/mol. The number of rotatable bonds is 7. The highest BCUT2D eigenvalue weighted by Crippen LogP contribution is 2.21. The number of ether oxygens (including phenoxy) is 2. The van der Waals surface area contributed by atoms with Gasteiger partial charge >= 0.3 is 5.97 Å². The summed E-state index contributed by atoms with van der Waals surface area (Å²) in [5, 5.41) is 12.5. The summed E-state index contributed by atoms with van der Waals surface area (Å²) < 4.78 is 11.2. The number of esters is 1. The maximum absolute atomic E-state index is 12.8. The van der Waals surface area contributed by atoms with Crippen LogP contribution in [0.3, 0.4) is 0 Å². The zero-order valence-electron chi connectivity index (χ0n) is 16.8. The van der Waals surface area contributed by atoms with Crippen molar-refractivity contribution in [1.82, 2.24) is 5.32 Å². The second-order valence-corrected chi connectivity index (χ2v) is 8.08. The third kappa shape index (κ3) is 5.85. The van der Waals surface area contributed by atoms with Crippen LogP contribution in [0.1, 0.15) is 22.8 Å². The number of carbonyl (C=O) groups excluding carboxylic acids is 2. The summed E-state index contributed by atoms with van der Waals surface area (Å²) >= 11 is 2.02. The SMILES string of the molecule is CCOC(=O)C(Cc1ccc(O)c(I)c1)NC(=O)c1ccc(N2CCOCC2)cc1. The van der Waals surface area contributed by atoms with Gasteiger partial charge in [0.1, 0.15) is 11.8 Å². The van der Waals surface area contributed by atoms with Gasteiger partial charge < -0.3 is 24.8 Å². The number of benzene rings is 2. The molecule has 7 nitrogen and oxygen atoms in total. The molecule has 0 saturated carbocycles. The van der Waals surface area contributed by atoms with E-state index < -0.39 is 12.0 Å². The number of hydrogen-bond donors (Lipinski definition) is 2. The Morgan fingerprint density at radius 3 is 2.53 bits per heavy atom. The van der Waals surface area contributed by atoms with Crippen LogP contribution < -0.4 is 10.2 Å². The van der Waals surface area contributed by atoms with Crippen molar-refractivity contribution in [2.24, 2.45) is 0 Å². The first-order valence-corrected chi connectivity index (χ1v) is 10.9. The van der Waals surface area contributed by atoms with E-state index in [1.807, 2.05) is 34.7 Å². The molecule has 0 radical (unpaired) electrons. The molecule has 1 saturated heterocycles. The number of hydrogen-bond acceptors (Lipinski definition) is 6. The fraction of sp³-hybridized carbons (Fsp3) is 0.364. The van der Waals surface area contributed by atoms with Crippen molar-refractivity contribution in [2.45, 2.75) is 19.4 Å². The van der Waals surface area contributed by atoms with Crippen molar-refractivity contribution in [3.63, 3.8) is 0 Å². The average Bonchev–Trinajstić information content (AvgIpc) is 2.76. The lowest BCUT2D eigenvalue weighted by Crippen LogP contribution is -2.43. The molecule has 160 valence electrons. The smallest absolute Gasteiger partial charge is 0.328 e. The Morgan fingerprint density at radius 1 is 1.20 bits per heavy atom. The van der Waals surface area contributed by atoms with Crippen LogP contribution in [-0.4, -0.2) is 55.9 Å². The number of morpholine rings is 1. The van der Waals surface area contributed by atoms with Crippen molar-refractivity contribution in [1.29, 1.82) is 0 Å². The second kappa shape index (κ2) is 10.6. The summed E-state index contributed by atoms with van der Waals surface area (Å²) in [5.41, 5.74) is 2.33. The summed E-state index contributed by atoms with van der Waals surface area (Å²) in [5.74, 6) is -0.648. The average molecular weight is 524 g/mol. The maximum atomic E-state index is 12.8. The first-order chi connectivity index (χ1) is 14.5. The number of halogens is 1. The maximum Gasteiger partial charge on any atom is 0.328 e. The van der Waals surface area contributed by atoms with E-state index in [2.05, 4.69) is 10.2 Å². The highest BCUT2D eigenvalue weighted by atomic mass is 127. The van der Waals surface area contributed by atoms with E-state index in [1.165, 1.54) is 0 Å². The quantitative estimate of drug-likeness (QED) is 0.428. The predicted octanol–water partition coefficient (Wildman–Crippen LogP) is 2.74. The zero-order chi connectivity index (χ0) is 21.5. The minimum Gasteiger partial charge on any atom is -0.507 e. The number of aromatic hydroxyl groups is 1. The third-order valence-electron chi connectivity index (χ3n) is 4.83. The normalized spacial score (nSPS) is 14.8. The lowest BCUT2D eigenvalue weighted by atomic mass is 10.0. The topological polar surface area (TPSA) is 88.1 Å². The summed E-state index contributed by atoms with van der Waals surface area (Å²) in [4.78, 5) is 27.4. The molecular formula is C22H25IN2O5. The van der Waals surface area contributed by atoms with Gasteiger partial charge in [0, 0.05) is 30.8 Å². The van der Waals surface area contributed by atoms with Gasteiger partial charge in [-0.3, -0.25) is 4.79 Å². The Labute approximate surface area is 189 Å². The van der Waals surface area contributed by atoms with Crippen LogP contribution in [0.15, 0.2) is 42.5 Å². The molecule has 1 heterocycles. The van der Waals surface area contributed by atoms with E-state index in [0.29, 0.717) is 22.3 Å². The van der Waals surface area contributed by atoms with Crippen molar-refractivity contribution in [2.75, 3.05) is 37.8 Å². The molecule has 8 heteroatoms. The van der Waals surface area contributed by atoms with Crippen LogP contribution >= 0.6 is 22.6 Å². The van der Waals surface area contributed by atoms with Crippen LogP contribution in [0.4, 0.5) is 5.69 Å². The molecular weight excluding hydrogens is 499 g/mol. The molecule has 30 heavy (non-hydrogen) atoms.